The molecule has 0 aliphatic carbocycles. The van der Waals surface area contributed by atoms with Gasteiger partial charge in [0.2, 0.25) is 6.79 Å². The molecule has 1 aliphatic heterocycles. The van der Waals surface area contributed by atoms with Crippen molar-refractivity contribution in [2.45, 2.75) is 0 Å². The molecule has 134 valence electrons. The third-order valence-electron chi connectivity index (χ3n) is 3.53. The molecule has 1 amide bonds. The van der Waals surface area contributed by atoms with Crippen LogP contribution in [-0.2, 0) is 14.3 Å². The Bertz CT molecular complexity index is 828. The van der Waals surface area contributed by atoms with Crippen LogP contribution in [0.3, 0.4) is 0 Å². The van der Waals surface area contributed by atoms with Gasteiger partial charge >= 0.3 is 5.97 Å². The van der Waals surface area contributed by atoms with E-state index in [1.165, 1.54) is 6.08 Å². The Kier molecular flexibility index (Phi) is 5.38. The van der Waals surface area contributed by atoms with Crippen molar-refractivity contribution in [3.05, 3.63) is 54.1 Å². The maximum absolute atomic E-state index is 11.9. The first-order valence-electron chi connectivity index (χ1n) is 7.82. The van der Waals surface area contributed by atoms with Gasteiger partial charge in [-0.1, -0.05) is 12.1 Å². The number of hydrogen-bond donors (Lipinski definition) is 1. The van der Waals surface area contributed by atoms with E-state index in [1.54, 1.807) is 55.7 Å². The van der Waals surface area contributed by atoms with Crippen LogP contribution >= 0.6 is 0 Å². The molecule has 0 saturated carbocycles. The van der Waals surface area contributed by atoms with Gasteiger partial charge in [-0.3, -0.25) is 4.79 Å². The van der Waals surface area contributed by atoms with E-state index in [2.05, 4.69) is 5.32 Å². The maximum Gasteiger partial charge on any atom is 0.331 e. The highest BCUT2D eigenvalue weighted by Gasteiger charge is 2.14. The van der Waals surface area contributed by atoms with Crippen molar-refractivity contribution in [1.82, 2.24) is 0 Å². The summed E-state index contributed by atoms with van der Waals surface area (Å²) in [7, 11) is 1.58. The highest BCUT2D eigenvalue weighted by Crippen LogP contribution is 2.34. The number of carbonyl (C=O) groups excluding carboxylic acids is 2. The third-order valence-corrected chi connectivity index (χ3v) is 3.53. The fourth-order valence-corrected chi connectivity index (χ4v) is 2.24. The zero-order valence-corrected chi connectivity index (χ0v) is 14.1. The molecule has 0 bridgehead atoms. The monoisotopic (exact) mass is 355 g/mol. The highest BCUT2D eigenvalue weighted by atomic mass is 16.7. The predicted octanol–water partition coefficient (Wildman–Crippen LogP) is 2.62. The van der Waals surface area contributed by atoms with Gasteiger partial charge in [0, 0.05) is 17.8 Å². The number of carbonyl (C=O) groups is 2. The van der Waals surface area contributed by atoms with Crippen molar-refractivity contribution in [3.8, 4) is 17.2 Å². The van der Waals surface area contributed by atoms with Gasteiger partial charge in [0.05, 0.1) is 7.11 Å². The molecule has 0 unspecified atom stereocenters. The van der Waals surface area contributed by atoms with E-state index >= 15 is 0 Å². The predicted molar refractivity (Wildman–Crippen MR) is 94.2 cm³/mol. The Hall–Kier alpha value is -3.48. The van der Waals surface area contributed by atoms with Crippen molar-refractivity contribution >= 4 is 23.6 Å². The van der Waals surface area contributed by atoms with Crippen LogP contribution in [0, 0.1) is 0 Å². The van der Waals surface area contributed by atoms with Gasteiger partial charge in [0.15, 0.2) is 18.1 Å². The van der Waals surface area contributed by atoms with E-state index in [1.807, 2.05) is 0 Å². The second kappa shape index (κ2) is 8.06. The van der Waals surface area contributed by atoms with Gasteiger partial charge < -0.3 is 24.3 Å². The summed E-state index contributed by atoms with van der Waals surface area (Å²) in [4.78, 5) is 23.6. The van der Waals surface area contributed by atoms with Crippen LogP contribution in [0.15, 0.2) is 48.5 Å². The van der Waals surface area contributed by atoms with Crippen LogP contribution in [0.2, 0.25) is 0 Å². The average molecular weight is 355 g/mol. The minimum atomic E-state index is -0.610. The minimum Gasteiger partial charge on any atom is -0.497 e. The summed E-state index contributed by atoms with van der Waals surface area (Å²) in [6, 6.07) is 12.2. The SMILES string of the molecule is COc1ccc(/C=C/C(=O)OCC(=O)Nc2ccc3c(c2)OCO3)cc1. The van der Waals surface area contributed by atoms with E-state index in [4.69, 9.17) is 18.9 Å². The summed E-state index contributed by atoms with van der Waals surface area (Å²) in [6.07, 6.45) is 2.85. The number of nitrogens with one attached hydrogen (secondary N) is 1. The maximum atomic E-state index is 11.9. The minimum absolute atomic E-state index is 0.158. The smallest absolute Gasteiger partial charge is 0.331 e. The van der Waals surface area contributed by atoms with Gasteiger partial charge in [-0.2, -0.15) is 0 Å². The molecule has 1 heterocycles. The van der Waals surface area contributed by atoms with Crippen LogP contribution in [0.5, 0.6) is 17.2 Å². The molecular formula is C19H17NO6. The van der Waals surface area contributed by atoms with E-state index in [0.29, 0.717) is 17.2 Å². The number of anilines is 1. The third kappa shape index (κ3) is 4.54. The van der Waals surface area contributed by atoms with E-state index in [0.717, 1.165) is 11.3 Å². The van der Waals surface area contributed by atoms with Gasteiger partial charge in [-0.05, 0) is 35.9 Å². The Morgan fingerprint density at radius 3 is 2.65 bits per heavy atom. The Balaban J connectivity index is 1.46. The van der Waals surface area contributed by atoms with E-state index in [9.17, 15) is 9.59 Å². The number of methoxy groups -OCH3 is 1. The van der Waals surface area contributed by atoms with E-state index in [-0.39, 0.29) is 13.4 Å². The molecule has 7 heteroatoms. The Morgan fingerprint density at radius 1 is 1.12 bits per heavy atom. The van der Waals surface area contributed by atoms with Crippen molar-refractivity contribution in [2.75, 3.05) is 25.8 Å². The largest absolute Gasteiger partial charge is 0.497 e. The molecule has 2 aromatic carbocycles. The molecule has 0 atom stereocenters. The van der Waals surface area contributed by atoms with Gasteiger partial charge in [-0.25, -0.2) is 4.79 Å². The quantitative estimate of drug-likeness (QED) is 0.633. The molecule has 0 radical (unpaired) electrons. The highest BCUT2D eigenvalue weighted by molar-refractivity contribution is 5.94. The number of rotatable bonds is 6. The number of fused-ring (bicyclic) bond motifs is 1. The van der Waals surface area contributed by atoms with Crippen molar-refractivity contribution < 1.29 is 28.5 Å². The molecule has 0 spiro atoms. The van der Waals surface area contributed by atoms with Crippen LogP contribution in [0.1, 0.15) is 5.56 Å². The molecule has 7 nitrogen and oxygen atoms in total. The fraction of sp³-hybridized carbons (Fsp3) is 0.158. The number of amides is 1. The zero-order valence-electron chi connectivity index (χ0n) is 14.1. The first-order chi connectivity index (χ1) is 12.6. The first-order valence-corrected chi connectivity index (χ1v) is 7.82. The summed E-state index contributed by atoms with van der Waals surface area (Å²) in [6.45, 7) is -0.231. The lowest BCUT2D eigenvalue weighted by Crippen LogP contribution is -2.20. The lowest BCUT2D eigenvalue weighted by Gasteiger charge is -2.06. The van der Waals surface area contributed by atoms with Gasteiger partial charge in [0.1, 0.15) is 5.75 Å². The summed E-state index contributed by atoms with van der Waals surface area (Å²) < 4.78 is 20.4. The van der Waals surface area contributed by atoms with Crippen LogP contribution < -0.4 is 19.5 Å². The van der Waals surface area contributed by atoms with Crippen LogP contribution in [0.25, 0.3) is 6.08 Å². The van der Waals surface area contributed by atoms with Gasteiger partial charge in [0.25, 0.3) is 5.91 Å². The molecule has 2 aromatic rings. The van der Waals surface area contributed by atoms with Crippen molar-refractivity contribution in [3.63, 3.8) is 0 Å². The molecular weight excluding hydrogens is 338 g/mol. The number of esters is 1. The lowest BCUT2D eigenvalue weighted by molar-refractivity contribution is -0.142. The first kappa shape index (κ1) is 17.3. The molecule has 3 rings (SSSR count). The summed E-state index contributed by atoms with van der Waals surface area (Å²) in [5.74, 6) is 0.849. The van der Waals surface area contributed by atoms with Crippen molar-refractivity contribution in [1.29, 1.82) is 0 Å². The lowest BCUT2D eigenvalue weighted by atomic mass is 10.2. The normalized spacial score (nSPS) is 12.0. The summed E-state index contributed by atoms with van der Waals surface area (Å²) in [5.41, 5.74) is 1.34. The van der Waals surface area contributed by atoms with Crippen LogP contribution in [0.4, 0.5) is 5.69 Å². The zero-order chi connectivity index (χ0) is 18.4. The summed E-state index contributed by atoms with van der Waals surface area (Å²) in [5, 5.41) is 2.62. The molecule has 0 fully saturated rings. The van der Waals surface area contributed by atoms with Crippen LogP contribution in [-0.4, -0.2) is 32.4 Å². The Morgan fingerprint density at radius 2 is 1.88 bits per heavy atom. The molecule has 0 aromatic heterocycles. The number of hydrogen-bond acceptors (Lipinski definition) is 6. The second-order valence-corrected chi connectivity index (χ2v) is 5.33. The average Bonchev–Trinajstić information content (AvgIpc) is 3.13. The number of ether oxygens (including phenoxy) is 4. The topological polar surface area (TPSA) is 83.1 Å². The Labute approximate surface area is 150 Å². The molecule has 0 saturated heterocycles. The molecule has 1 aliphatic rings. The molecule has 26 heavy (non-hydrogen) atoms. The summed E-state index contributed by atoms with van der Waals surface area (Å²) >= 11 is 0. The van der Waals surface area contributed by atoms with Gasteiger partial charge in [-0.15, -0.1) is 0 Å². The standard InChI is InChI=1S/C19H17NO6/c1-23-15-6-2-13(3-7-15)4-9-19(22)24-11-18(21)20-14-5-8-16-17(10-14)26-12-25-16/h2-10H,11-12H2,1H3,(H,20,21)/b9-4+. The van der Waals surface area contributed by atoms with Crippen molar-refractivity contribution in [2.24, 2.45) is 0 Å². The molecule has 1 N–H and O–H groups in total. The fourth-order valence-electron chi connectivity index (χ4n) is 2.24. The number of benzene rings is 2. The second-order valence-electron chi connectivity index (χ2n) is 5.33. The van der Waals surface area contributed by atoms with E-state index < -0.39 is 11.9 Å².